The number of thiophene rings is 1. The van der Waals surface area contributed by atoms with Gasteiger partial charge in [-0.2, -0.15) is 5.10 Å². The molecule has 4 rings (SSSR count). The van der Waals surface area contributed by atoms with E-state index in [1.54, 1.807) is 11.0 Å². The van der Waals surface area contributed by atoms with Crippen molar-refractivity contribution in [2.75, 3.05) is 37.7 Å². The molecule has 1 atom stereocenters. The third-order valence-corrected chi connectivity index (χ3v) is 7.96. The number of aromatic nitrogens is 2. The van der Waals surface area contributed by atoms with Crippen LogP contribution in [0.3, 0.4) is 0 Å². The molecular formula is C18H22N4O4S2. The molecule has 2 aromatic rings. The highest BCUT2D eigenvalue weighted by molar-refractivity contribution is 7.91. The largest absolute Gasteiger partial charge is 0.339 e. The standard InChI is InChI=1S/C18H22N4O4S2/c23-17-4-3-15(16-2-1-10-27-16)19-22(17)12-18(24)21-8-6-20(7-9-21)14-5-11-28(25,26)13-14/h1-4,10,14H,5-9,11-13H2. The molecule has 1 unspecified atom stereocenters. The van der Waals surface area contributed by atoms with Crippen LogP contribution < -0.4 is 5.56 Å². The lowest BCUT2D eigenvalue weighted by Crippen LogP contribution is -2.53. The van der Waals surface area contributed by atoms with Crippen molar-refractivity contribution < 1.29 is 13.2 Å². The maximum atomic E-state index is 12.7. The van der Waals surface area contributed by atoms with Gasteiger partial charge in [-0.1, -0.05) is 6.07 Å². The molecule has 2 fully saturated rings. The number of nitrogens with zero attached hydrogens (tertiary/aromatic N) is 4. The summed E-state index contributed by atoms with van der Waals surface area (Å²) in [7, 11) is -2.91. The van der Waals surface area contributed by atoms with Gasteiger partial charge >= 0.3 is 0 Å². The van der Waals surface area contributed by atoms with E-state index in [-0.39, 0.29) is 35.6 Å². The Bertz CT molecular complexity index is 1010. The van der Waals surface area contributed by atoms with Gasteiger partial charge in [-0.3, -0.25) is 14.5 Å². The molecule has 2 aliphatic heterocycles. The van der Waals surface area contributed by atoms with Gasteiger partial charge in [0.05, 0.1) is 16.4 Å². The van der Waals surface area contributed by atoms with Crippen LogP contribution in [0.25, 0.3) is 10.6 Å². The summed E-state index contributed by atoms with van der Waals surface area (Å²) in [5.41, 5.74) is 0.373. The predicted octanol–water partition coefficient (Wildman–Crippen LogP) is 0.303. The molecular weight excluding hydrogens is 400 g/mol. The molecule has 150 valence electrons. The van der Waals surface area contributed by atoms with Crippen LogP contribution in [0.4, 0.5) is 0 Å². The van der Waals surface area contributed by atoms with Crippen LogP contribution in [0.2, 0.25) is 0 Å². The van der Waals surface area contributed by atoms with Crippen LogP contribution in [0.5, 0.6) is 0 Å². The first-order valence-electron chi connectivity index (χ1n) is 9.25. The van der Waals surface area contributed by atoms with Crippen LogP contribution in [-0.4, -0.2) is 77.6 Å². The van der Waals surface area contributed by atoms with Gasteiger partial charge in [-0.05, 0) is 23.9 Å². The summed E-state index contributed by atoms with van der Waals surface area (Å²) in [6, 6.07) is 7.01. The summed E-state index contributed by atoms with van der Waals surface area (Å²) in [6.07, 6.45) is 0.672. The zero-order chi connectivity index (χ0) is 19.7. The second-order valence-corrected chi connectivity index (χ2v) is 10.3. The van der Waals surface area contributed by atoms with E-state index in [1.165, 1.54) is 22.1 Å². The molecule has 10 heteroatoms. The molecule has 0 radical (unpaired) electrons. The summed E-state index contributed by atoms with van der Waals surface area (Å²) in [4.78, 5) is 29.6. The average Bonchev–Trinajstić information content (AvgIpc) is 3.33. The highest BCUT2D eigenvalue weighted by Crippen LogP contribution is 2.21. The SMILES string of the molecule is O=C(Cn1nc(-c2cccs2)ccc1=O)N1CCN(C2CCS(=O)(=O)C2)CC1. The van der Waals surface area contributed by atoms with Crippen molar-refractivity contribution in [1.82, 2.24) is 19.6 Å². The monoisotopic (exact) mass is 422 g/mol. The number of amides is 1. The van der Waals surface area contributed by atoms with Gasteiger partial charge in [0, 0.05) is 38.3 Å². The lowest BCUT2D eigenvalue weighted by Gasteiger charge is -2.37. The van der Waals surface area contributed by atoms with Crippen LogP contribution in [0.1, 0.15) is 6.42 Å². The summed E-state index contributed by atoms with van der Waals surface area (Å²) in [5.74, 6) is 0.332. The number of rotatable bonds is 4. The van der Waals surface area contributed by atoms with Crippen molar-refractivity contribution in [3.05, 3.63) is 40.0 Å². The molecule has 1 amide bonds. The van der Waals surface area contributed by atoms with Crippen LogP contribution in [0, 0.1) is 0 Å². The zero-order valence-corrected chi connectivity index (χ0v) is 17.0. The van der Waals surface area contributed by atoms with Crippen molar-refractivity contribution in [2.24, 2.45) is 0 Å². The molecule has 0 aromatic carbocycles. The fraction of sp³-hybridized carbons (Fsp3) is 0.500. The van der Waals surface area contributed by atoms with Crippen molar-refractivity contribution in [3.63, 3.8) is 0 Å². The number of hydrogen-bond donors (Lipinski definition) is 0. The number of carbonyl (C=O) groups excluding carboxylic acids is 1. The average molecular weight is 423 g/mol. The van der Waals surface area contributed by atoms with Crippen molar-refractivity contribution in [1.29, 1.82) is 0 Å². The number of sulfone groups is 1. The highest BCUT2D eigenvalue weighted by Gasteiger charge is 2.34. The van der Waals surface area contributed by atoms with E-state index < -0.39 is 9.84 Å². The number of hydrogen-bond acceptors (Lipinski definition) is 7. The summed E-state index contributed by atoms with van der Waals surface area (Å²) < 4.78 is 24.6. The molecule has 28 heavy (non-hydrogen) atoms. The normalized spacial score (nSPS) is 22.4. The smallest absolute Gasteiger partial charge is 0.267 e. The Morgan fingerprint density at radius 1 is 1.18 bits per heavy atom. The first-order valence-corrected chi connectivity index (χ1v) is 12.0. The molecule has 2 aromatic heterocycles. The quantitative estimate of drug-likeness (QED) is 0.704. The molecule has 2 aliphatic rings. The second kappa shape index (κ2) is 7.76. The lowest BCUT2D eigenvalue weighted by atomic mass is 10.2. The third-order valence-electron chi connectivity index (χ3n) is 5.32. The van der Waals surface area contributed by atoms with Crippen molar-refractivity contribution >= 4 is 27.1 Å². The van der Waals surface area contributed by atoms with E-state index in [4.69, 9.17) is 0 Å². The first kappa shape index (κ1) is 19.3. The fourth-order valence-corrected chi connectivity index (χ4v) is 6.20. The van der Waals surface area contributed by atoms with Crippen LogP contribution in [-0.2, 0) is 21.2 Å². The van der Waals surface area contributed by atoms with Crippen molar-refractivity contribution in [3.8, 4) is 10.6 Å². The Balaban J connectivity index is 1.37. The highest BCUT2D eigenvalue weighted by atomic mass is 32.2. The molecule has 8 nitrogen and oxygen atoms in total. The minimum absolute atomic E-state index is 0.0639. The Morgan fingerprint density at radius 2 is 1.96 bits per heavy atom. The Kier molecular flexibility index (Phi) is 5.35. The Labute approximate surface area is 167 Å². The van der Waals surface area contributed by atoms with Gasteiger partial charge in [-0.15, -0.1) is 11.3 Å². The summed E-state index contributed by atoms with van der Waals surface area (Å²) >= 11 is 1.53. The fourth-order valence-electron chi connectivity index (χ4n) is 3.75. The van der Waals surface area contributed by atoms with E-state index in [0.717, 1.165) is 4.88 Å². The summed E-state index contributed by atoms with van der Waals surface area (Å²) in [6.45, 7) is 2.30. The Morgan fingerprint density at radius 3 is 2.61 bits per heavy atom. The van der Waals surface area contributed by atoms with Gasteiger partial charge in [-0.25, -0.2) is 13.1 Å². The van der Waals surface area contributed by atoms with Gasteiger partial charge in [0.25, 0.3) is 5.56 Å². The van der Waals surface area contributed by atoms with Crippen molar-refractivity contribution in [2.45, 2.75) is 19.0 Å². The minimum Gasteiger partial charge on any atom is -0.339 e. The van der Waals surface area contributed by atoms with E-state index >= 15 is 0 Å². The molecule has 0 N–H and O–H groups in total. The van der Waals surface area contributed by atoms with Gasteiger partial charge in [0.1, 0.15) is 12.2 Å². The predicted molar refractivity (Wildman–Crippen MR) is 107 cm³/mol. The molecule has 2 saturated heterocycles. The Hall–Kier alpha value is -2.04. The third kappa shape index (κ3) is 4.18. The number of carbonyl (C=O) groups is 1. The molecule has 0 spiro atoms. The molecule has 0 saturated carbocycles. The van der Waals surface area contributed by atoms with E-state index in [9.17, 15) is 18.0 Å². The van der Waals surface area contributed by atoms with Gasteiger partial charge in [0.2, 0.25) is 5.91 Å². The van der Waals surface area contributed by atoms with E-state index in [1.807, 2.05) is 17.5 Å². The summed E-state index contributed by atoms with van der Waals surface area (Å²) in [5, 5.41) is 6.27. The van der Waals surface area contributed by atoms with Gasteiger partial charge in [0.15, 0.2) is 9.84 Å². The maximum absolute atomic E-state index is 12.7. The topological polar surface area (TPSA) is 92.6 Å². The van der Waals surface area contributed by atoms with E-state index in [0.29, 0.717) is 38.3 Å². The van der Waals surface area contributed by atoms with E-state index in [2.05, 4.69) is 10.00 Å². The molecule has 0 aliphatic carbocycles. The maximum Gasteiger partial charge on any atom is 0.267 e. The molecule has 4 heterocycles. The lowest BCUT2D eigenvalue weighted by molar-refractivity contribution is -0.134. The number of piperazine rings is 1. The van der Waals surface area contributed by atoms with Crippen LogP contribution in [0.15, 0.2) is 34.4 Å². The van der Waals surface area contributed by atoms with Crippen LogP contribution >= 0.6 is 11.3 Å². The minimum atomic E-state index is -2.91. The zero-order valence-electron chi connectivity index (χ0n) is 15.4. The van der Waals surface area contributed by atoms with Gasteiger partial charge < -0.3 is 4.90 Å². The first-order chi connectivity index (χ1) is 13.4. The molecule has 0 bridgehead atoms. The second-order valence-electron chi connectivity index (χ2n) is 7.17.